The molecule has 0 unspecified atom stereocenters. The van der Waals surface area contributed by atoms with Crippen LogP contribution in [-0.2, 0) is 4.79 Å². The monoisotopic (exact) mass is 342 g/mol. The quantitative estimate of drug-likeness (QED) is 0.794. The molecule has 3 nitrogen and oxygen atoms in total. The molecule has 1 aromatic carbocycles. The average Bonchev–Trinajstić information content (AvgIpc) is 3.16. The molecule has 0 aliphatic heterocycles. The zero-order chi connectivity index (χ0) is 16.6. The summed E-state index contributed by atoms with van der Waals surface area (Å²) in [5.74, 6) is 0.767. The van der Waals surface area contributed by atoms with Gasteiger partial charge in [-0.15, -0.1) is 11.3 Å². The van der Waals surface area contributed by atoms with E-state index in [0.29, 0.717) is 12.5 Å². The molecule has 2 aromatic rings. The lowest BCUT2D eigenvalue weighted by Gasteiger charge is -2.22. The van der Waals surface area contributed by atoms with Crippen LogP contribution in [0, 0.1) is 5.92 Å². The largest absolute Gasteiger partial charge is 0.355 e. The minimum atomic E-state index is 0.0756. The van der Waals surface area contributed by atoms with Gasteiger partial charge >= 0.3 is 0 Å². The van der Waals surface area contributed by atoms with E-state index >= 15 is 0 Å². The molecule has 2 N–H and O–H groups in total. The van der Waals surface area contributed by atoms with Crippen LogP contribution >= 0.6 is 11.3 Å². The first-order valence-electron chi connectivity index (χ1n) is 8.91. The van der Waals surface area contributed by atoms with E-state index < -0.39 is 0 Å². The molecule has 1 aromatic heterocycles. The second kappa shape index (κ2) is 9.00. The molecule has 24 heavy (non-hydrogen) atoms. The number of amides is 1. The molecule has 1 fully saturated rings. The van der Waals surface area contributed by atoms with Crippen molar-refractivity contribution in [1.82, 2.24) is 10.6 Å². The van der Waals surface area contributed by atoms with Crippen LogP contribution in [-0.4, -0.2) is 19.0 Å². The molecular formula is C20H26N2OS. The maximum atomic E-state index is 12.2. The first-order chi connectivity index (χ1) is 11.8. The fraction of sp³-hybridized carbons (Fsp3) is 0.450. The van der Waals surface area contributed by atoms with E-state index in [1.807, 2.05) is 18.2 Å². The molecular weight excluding hydrogens is 316 g/mol. The number of rotatable bonds is 7. The molecule has 4 heteroatoms. The molecule has 0 saturated heterocycles. The summed E-state index contributed by atoms with van der Waals surface area (Å²) in [4.78, 5) is 13.5. The number of carbonyl (C=O) groups is 1. The lowest BCUT2D eigenvalue weighted by Crippen LogP contribution is -2.38. The Hall–Kier alpha value is -1.65. The van der Waals surface area contributed by atoms with Gasteiger partial charge in [-0.1, -0.05) is 55.7 Å². The number of nitrogens with one attached hydrogen (secondary N) is 2. The minimum absolute atomic E-state index is 0.0756. The normalized spacial score (nSPS) is 16.7. The number of hydrogen-bond donors (Lipinski definition) is 2. The van der Waals surface area contributed by atoms with Gasteiger partial charge in [0.05, 0.1) is 12.6 Å². The van der Waals surface area contributed by atoms with Gasteiger partial charge in [-0.2, -0.15) is 0 Å². The number of hydrogen-bond acceptors (Lipinski definition) is 3. The van der Waals surface area contributed by atoms with Crippen molar-refractivity contribution in [3.05, 3.63) is 58.3 Å². The van der Waals surface area contributed by atoms with Crippen molar-refractivity contribution in [2.24, 2.45) is 5.92 Å². The fourth-order valence-electron chi connectivity index (χ4n) is 3.39. The Kier molecular flexibility index (Phi) is 6.44. The van der Waals surface area contributed by atoms with Crippen LogP contribution in [0.4, 0.5) is 0 Å². The number of benzene rings is 1. The zero-order valence-electron chi connectivity index (χ0n) is 14.0. The van der Waals surface area contributed by atoms with Gasteiger partial charge in [0.1, 0.15) is 0 Å². The van der Waals surface area contributed by atoms with E-state index in [2.05, 4.69) is 40.3 Å². The van der Waals surface area contributed by atoms with Crippen LogP contribution in [0.1, 0.15) is 48.6 Å². The van der Waals surface area contributed by atoms with Crippen molar-refractivity contribution in [1.29, 1.82) is 0 Å². The summed E-state index contributed by atoms with van der Waals surface area (Å²) in [7, 11) is 0. The van der Waals surface area contributed by atoms with E-state index in [0.717, 1.165) is 6.54 Å². The Bertz CT molecular complexity index is 606. The summed E-state index contributed by atoms with van der Waals surface area (Å²) < 4.78 is 0. The predicted octanol–water partition coefficient (Wildman–Crippen LogP) is 4.12. The van der Waals surface area contributed by atoms with E-state index in [-0.39, 0.29) is 11.9 Å². The maximum absolute atomic E-state index is 12.2. The minimum Gasteiger partial charge on any atom is -0.355 e. The van der Waals surface area contributed by atoms with Gasteiger partial charge in [0.15, 0.2) is 0 Å². The van der Waals surface area contributed by atoms with Crippen molar-refractivity contribution in [3.8, 4) is 0 Å². The lowest BCUT2D eigenvalue weighted by atomic mass is 9.89. The summed E-state index contributed by atoms with van der Waals surface area (Å²) >= 11 is 1.72. The van der Waals surface area contributed by atoms with Gasteiger partial charge in [-0.05, 0) is 35.8 Å². The molecule has 0 spiro atoms. The van der Waals surface area contributed by atoms with Crippen LogP contribution in [0.25, 0.3) is 0 Å². The Labute approximate surface area is 148 Å². The third-order valence-electron chi connectivity index (χ3n) is 4.74. The SMILES string of the molecule is O=C(CN[C@@H](c1ccccc1)c1cccs1)NCC1CCCCC1. The molecule has 1 saturated carbocycles. The molecule has 1 amide bonds. The second-order valence-electron chi connectivity index (χ2n) is 6.55. The highest BCUT2D eigenvalue weighted by Crippen LogP contribution is 2.25. The molecule has 0 bridgehead atoms. The Morgan fingerprint density at radius 2 is 1.88 bits per heavy atom. The third kappa shape index (κ3) is 4.92. The highest BCUT2D eigenvalue weighted by Gasteiger charge is 2.17. The summed E-state index contributed by atoms with van der Waals surface area (Å²) in [6.07, 6.45) is 6.50. The summed E-state index contributed by atoms with van der Waals surface area (Å²) in [6.45, 7) is 1.18. The number of carbonyl (C=O) groups excluding carboxylic acids is 1. The average molecular weight is 343 g/mol. The maximum Gasteiger partial charge on any atom is 0.233 e. The van der Waals surface area contributed by atoms with Crippen molar-refractivity contribution < 1.29 is 4.79 Å². The van der Waals surface area contributed by atoms with E-state index in [9.17, 15) is 4.79 Å². The van der Waals surface area contributed by atoms with Crippen molar-refractivity contribution in [2.75, 3.05) is 13.1 Å². The van der Waals surface area contributed by atoms with Gasteiger partial charge in [0.2, 0.25) is 5.91 Å². The Morgan fingerprint density at radius 1 is 1.08 bits per heavy atom. The van der Waals surface area contributed by atoms with Gasteiger partial charge < -0.3 is 5.32 Å². The van der Waals surface area contributed by atoms with Gasteiger partial charge in [-0.25, -0.2) is 0 Å². The highest BCUT2D eigenvalue weighted by atomic mass is 32.1. The molecule has 1 aliphatic rings. The molecule has 3 rings (SSSR count). The van der Waals surface area contributed by atoms with Crippen LogP contribution in [0.5, 0.6) is 0 Å². The second-order valence-corrected chi connectivity index (χ2v) is 7.53. The highest BCUT2D eigenvalue weighted by molar-refractivity contribution is 7.10. The third-order valence-corrected chi connectivity index (χ3v) is 5.68. The van der Waals surface area contributed by atoms with Gasteiger partial charge in [0, 0.05) is 11.4 Å². The summed E-state index contributed by atoms with van der Waals surface area (Å²) in [6, 6.07) is 14.6. The zero-order valence-corrected chi connectivity index (χ0v) is 14.9. The van der Waals surface area contributed by atoms with Gasteiger partial charge in [-0.3, -0.25) is 10.1 Å². The molecule has 128 valence electrons. The van der Waals surface area contributed by atoms with Crippen LogP contribution in [0.15, 0.2) is 47.8 Å². The van der Waals surface area contributed by atoms with Gasteiger partial charge in [0.25, 0.3) is 0 Å². The van der Waals surface area contributed by atoms with Crippen LogP contribution in [0.2, 0.25) is 0 Å². The topological polar surface area (TPSA) is 41.1 Å². The van der Waals surface area contributed by atoms with E-state index in [1.54, 1.807) is 11.3 Å². The van der Waals surface area contributed by atoms with Crippen molar-refractivity contribution in [2.45, 2.75) is 38.1 Å². The smallest absolute Gasteiger partial charge is 0.233 e. The standard InChI is InChI=1S/C20H26N2OS/c23-19(21-14-16-8-3-1-4-9-16)15-22-20(18-12-7-13-24-18)17-10-5-2-6-11-17/h2,5-7,10-13,16,20,22H,1,3-4,8-9,14-15H2,(H,21,23)/t20-/m0/s1. The molecule has 1 atom stereocenters. The number of thiophene rings is 1. The van der Waals surface area contributed by atoms with E-state index in [1.165, 1.54) is 42.5 Å². The van der Waals surface area contributed by atoms with Crippen LogP contribution in [0.3, 0.4) is 0 Å². The van der Waals surface area contributed by atoms with E-state index in [4.69, 9.17) is 0 Å². The first kappa shape index (κ1) is 17.2. The lowest BCUT2D eigenvalue weighted by molar-refractivity contribution is -0.120. The molecule has 1 aliphatic carbocycles. The Morgan fingerprint density at radius 3 is 2.58 bits per heavy atom. The summed E-state index contributed by atoms with van der Waals surface area (Å²) in [5, 5.41) is 8.61. The Balaban J connectivity index is 1.52. The molecule has 1 heterocycles. The fourth-order valence-corrected chi connectivity index (χ4v) is 4.22. The summed E-state index contributed by atoms with van der Waals surface area (Å²) in [5.41, 5.74) is 1.19. The van der Waals surface area contributed by atoms with Crippen molar-refractivity contribution in [3.63, 3.8) is 0 Å². The first-order valence-corrected chi connectivity index (χ1v) is 9.79. The predicted molar refractivity (Wildman–Crippen MR) is 100 cm³/mol. The van der Waals surface area contributed by atoms with Crippen molar-refractivity contribution >= 4 is 17.2 Å². The molecule has 0 radical (unpaired) electrons. The van der Waals surface area contributed by atoms with Crippen LogP contribution < -0.4 is 10.6 Å².